The molecule has 0 N–H and O–H groups in total. The van der Waals surface area contributed by atoms with Crippen LogP contribution in [0.1, 0.15) is 0 Å². The van der Waals surface area contributed by atoms with Gasteiger partial charge in [0.15, 0.2) is 0 Å². The second-order valence-electron chi connectivity index (χ2n) is 3.56. The van der Waals surface area contributed by atoms with Crippen LogP contribution in [0.5, 0.6) is 0 Å². The Bertz CT molecular complexity index is 445. The molecular weight excluding hydrogens is 230 g/mol. The summed E-state index contributed by atoms with van der Waals surface area (Å²) in [6, 6.07) is 19.2. The smallest absolute Gasteiger partial charge is 0.241 e. The number of para-hydroxylation sites is 2. The van der Waals surface area contributed by atoms with Crippen molar-refractivity contribution < 1.29 is 4.79 Å². The van der Waals surface area contributed by atoms with Crippen molar-refractivity contribution in [2.24, 2.45) is 0 Å². The summed E-state index contributed by atoms with van der Waals surface area (Å²) in [5.41, 5.74) is 1.72. The van der Waals surface area contributed by atoms with Crippen molar-refractivity contribution in [3.8, 4) is 0 Å². The number of benzene rings is 2. The molecule has 86 valence electrons. The van der Waals surface area contributed by atoms with Crippen molar-refractivity contribution in [3.05, 3.63) is 60.7 Å². The van der Waals surface area contributed by atoms with Gasteiger partial charge in [-0.2, -0.15) is 12.6 Å². The number of thiol groups is 1. The number of amides is 1. The highest BCUT2D eigenvalue weighted by Crippen LogP contribution is 2.25. The lowest BCUT2D eigenvalue weighted by molar-refractivity contribution is -0.115. The van der Waals surface area contributed by atoms with Crippen molar-refractivity contribution in [2.45, 2.75) is 0 Å². The number of hydrogen-bond donors (Lipinski definition) is 1. The van der Waals surface area contributed by atoms with Crippen molar-refractivity contribution in [1.29, 1.82) is 0 Å². The number of anilines is 2. The molecule has 3 heteroatoms. The zero-order chi connectivity index (χ0) is 12.1. The molecule has 0 heterocycles. The second kappa shape index (κ2) is 5.55. The number of carbonyl (C=O) groups excluding carboxylic acids is 1. The minimum Gasteiger partial charge on any atom is -0.280 e. The fourth-order valence-electron chi connectivity index (χ4n) is 1.66. The van der Waals surface area contributed by atoms with E-state index in [9.17, 15) is 4.79 Å². The van der Waals surface area contributed by atoms with Crippen molar-refractivity contribution in [3.63, 3.8) is 0 Å². The zero-order valence-electron chi connectivity index (χ0n) is 9.28. The van der Waals surface area contributed by atoms with Gasteiger partial charge < -0.3 is 0 Å². The maximum absolute atomic E-state index is 12.0. The van der Waals surface area contributed by atoms with Crippen LogP contribution in [0, 0.1) is 0 Å². The lowest BCUT2D eigenvalue weighted by Crippen LogP contribution is -2.26. The van der Waals surface area contributed by atoms with Crippen LogP contribution in [-0.4, -0.2) is 11.7 Å². The largest absolute Gasteiger partial charge is 0.280 e. The molecule has 0 saturated carbocycles. The summed E-state index contributed by atoms with van der Waals surface area (Å²) in [6.45, 7) is 0. The molecule has 0 fully saturated rings. The minimum absolute atomic E-state index is 0.0364. The molecule has 17 heavy (non-hydrogen) atoms. The van der Waals surface area contributed by atoms with Crippen LogP contribution in [0.2, 0.25) is 0 Å². The van der Waals surface area contributed by atoms with E-state index in [2.05, 4.69) is 12.6 Å². The van der Waals surface area contributed by atoms with Crippen LogP contribution in [-0.2, 0) is 4.79 Å². The molecule has 0 aliphatic carbocycles. The predicted molar refractivity (Wildman–Crippen MR) is 73.9 cm³/mol. The van der Waals surface area contributed by atoms with E-state index in [1.807, 2.05) is 60.7 Å². The monoisotopic (exact) mass is 243 g/mol. The van der Waals surface area contributed by atoms with E-state index in [1.54, 1.807) is 4.90 Å². The molecule has 0 atom stereocenters. The minimum atomic E-state index is -0.0364. The maximum atomic E-state index is 12.0. The number of hydrogen-bond acceptors (Lipinski definition) is 2. The first-order valence-electron chi connectivity index (χ1n) is 5.37. The zero-order valence-corrected chi connectivity index (χ0v) is 10.2. The third-order valence-electron chi connectivity index (χ3n) is 2.41. The lowest BCUT2D eigenvalue weighted by Gasteiger charge is -2.22. The van der Waals surface area contributed by atoms with Crippen LogP contribution in [0.25, 0.3) is 0 Å². The quantitative estimate of drug-likeness (QED) is 0.820. The molecule has 2 aromatic carbocycles. The Labute approximate surface area is 106 Å². The molecule has 0 bridgehead atoms. The topological polar surface area (TPSA) is 20.3 Å². The fourth-order valence-corrected chi connectivity index (χ4v) is 1.80. The highest BCUT2D eigenvalue weighted by atomic mass is 32.1. The van der Waals surface area contributed by atoms with Gasteiger partial charge in [0.05, 0.1) is 5.75 Å². The molecule has 2 aromatic rings. The van der Waals surface area contributed by atoms with Gasteiger partial charge in [-0.25, -0.2) is 0 Å². The molecule has 0 aliphatic heterocycles. The normalized spacial score (nSPS) is 9.94. The molecule has 0 saturated heterocycles. The van der Waals surface area contributed by atoms with E-state index in [4.69, 9.17) is 0 Å². The van der Waals surface area contributed by atoms with E-state index in [0.717, 1.165) is 11.4 Å². The Morgan fingerprint density at radius 3 is 1.65 bits per heavy atom. The third-order valence-corrected chi connectivity index (χ3v) is 2.68. The van der Waals surface area contributed by atoms with Crippen molar-refractivity contribution in [2.75, 3.05) is 10.7 Å². The molecule has 2 nitrogen and oxygen atoms in total. The van der Waals surface area contributed by atoms with Gasteiger partial charge in [-0.15, -0.1) is 0 Å². The molecule has 0 aromatic heterocycles. The van der Waals surface area contributed by atoms with Gasteiger partial charge in [0.25, 0.3) is 0 Å². The fraction of sp³-hybridized carbons (Fsp3) is 0.0714. The first-order valence-corrected chi connectivity index (χ1v) is 6.00. The summed E-state index contributed by atoms with van der Waals surface area (Å²) in [5.74, 6) is 0.148. The van der Waals surface area contributed by atoms with Gasteiger partial charge in [0, 0.05) is 11.4 Å². The average Bonchev–Trinajstić information content (AvgIpc) is 2.41. The van der Waals surface area contributed by atoms with Gasteiger partial charge in [0.1, 0.15) is 0 Å². The van der Waals surface area contributed by atoms with Crippen LogP contribution in [0.15, 0.2) is 60.7 Å². The standard InChI is InChI=1S/C14H13NOS/c16-14(11-17)15(12-7-3-1-4-8-12)13-9-5-2-6-10-13/h1-10,17H,11H2. The Balaban J connectivity index is 2.43. The highest BCUT2D eigenvalue weighted by Gasteiger charge is 2.15. The van der Waals surface area contributed by atoms with E-state index in [-0.39, 0.29) is 11.7 Å². The van der Waals surface area contributed by atoms with Crippen LogP contribution < -0.4 is 4.90 Å². The SMILES string of the molecule is O=C(CS)N(c1ccccc1)c1ccccc1. The summed E-state index contributed by atoms with van der Waals surface area (Å²) < 4.78 is 0. The predicted octanol–water partition coefficient (Wildman–Crippen LogP) is 3.28. The van der Waals surface area contributed by atoms with E-state index in [1.165, 1.54) is 0 Å². The number of rotatable bonds is 3. The summed E-state index contributed by atoms with van der Waals surface area (Å²) in [7, 11) is 0. The number of nitrogens with zero attached hydrogens (tertiary/aromatic N) is 1. The Kier molecular flexibility index (Phi) is 3.83. The lowest BCUT2D eigenvalue weighted by atomic mass is 10.2. The average molecular weight is 243 g/mol. The van der Waals surface area contributed by atoms with Crippen molar-refractivity contribution >= 4 is 29.9 Å². The molecule has 2 rings (SSSR count). The molecule has 0 unspecified atom stereocenters. The Morgan fingerprint density at radius 2 is 1.29 bits per heavy atom. The molecule has 0 radical (unpaired) electrons. The van der Waals surface area contributed by atoms with Gasteiger partial charge in [-0.1, -0.05) is 36.4 Å². The van der Waals surface area contributed by atoms with Crippen LogP contribution in [0.3, 0.4) is 0 Å². The van der Waals surface area contributed by atoms with Gasteiger partial charge in [-0.05, 0) is 24.3 Å². The van der Waals surface area contributed by atoms with Gasteiger partial charge >= 0.3 is 0 Å². The summed E-state index contributed by atoms with van der Waals surface area (Å²) >= 11 is 4.06. The summed E-state index contributed by atoms with van der Waals surface area (Å²) in [4.78, 5) is 13.6. The van der Waals surface area contributed by atoms with E-state index in [0.29, 0.717) is 0 Å². The Hall–Kier alpha value is -1.74. The molecule has 0 spiro atoms. The maximum Gasteiger partial charge on any atom is 0.241 e. The second-order valence-corrected chi connectivity index (χ2v) is 3.87. The van der Waals surface area contributed by atoms with Gasteiger partial charge in [0.2, 0.25) is 5.91 Å². The first-order chi connectivity index (χ1) is 8.33. The van der Waals surface area contributed by atoms with Gasteiger partial charge in [-0.3, -0.25) is 9.69 Å². The van der Waals surface area contributed by atoms with Crippen molar-refractivity contribution in [1.82, 2.24) is 0 Å². The highest BCUT2D eigenvalue weighted by molar-refractivity contribution is 7.81. The number of carbonyl (C=O) groups is 1. The first kappa shape index (κ1) is 11.7. The van der Waals surface area contributed by atoms with Crippen LogP contribution in [0.4, 0.5) is 11.4 Å². The summed E-state index contributed by atoms with van der Waals surface area (Å²) in [5, 5.41) is 0. The Morgan fingerprint density at radius 1 is 0.882 bits per heavy atom. The third kappa shape index (κ3) is 2.68. The molecule has 0 aliphatic rings. The van der Waals surface area contributed by atoms with E-state index >= 15 is 0 Å². The summed E-state index contributed by atoms with van der Waals surface area (Å²) in [6.07, 6.45) is 0. The van der Waals surface area contributed by atoms with Crippen LogP contribution >= 0.6 is 12.6 Å². The molecule has 1 amide bonds. The van der Waals surface area contributed by atoms with E-state index < -0.39 is 0 Å². The molecular formula is C14H13NOS.